The van der Waals surface area contributed by atoms with Crippen LogP contribution in [0.5, 0.6) is 0 Å². The number of halogens is 2. The monoisotopic (exact) mass is 444 g/mol. The Hall–Kier alpha value is -3.77. The molecule has 0 radical (unpaired) electrons. The average molecular weight is 445 g/mol. The molecule has 0 unspecified atom stereocenters. The molecule has 5 rings (SSSR count). The topological polar surface area (TPSA) is 63.6 Å². The van der Waals surface area contributed by atoms with E-state index < -0.39 is 5.82 Å². The molecule has 0 bridgehead atoms. The maximum absolute atomic E-state index is 13.7. The Morgan fingerprint density at radius 3 is 2.62 bits per heavy atom. The summed E-state index contributed by atoms with van der Waals surface area (Å²) in [5.41, 5.74) is 5.85. The summed E-state index contributed by atoms with van der Waals surface area (Å²) in [7, 11) is 0. The molecule has 0 atom stereocenters. The maximum Gasteiger partial charge on any atom is 0.251 e. The third-order valence-corrected chi connectivity index (χ3v) is 5.71. The average Bonchev–Trinajstić information content (AvgIpc) is 3.21. The van der Waals surface area contributed by atoms with Gasteiger partial charge < -0.3 is 4.57 Å². The minimum atomic E-state index is -0.498. The molecule has 0 saturated carbocycles. The second-order valence-electron chi connectivity index (χ2n) is 7.65. The lowest BCUT2D eigenvalue weighted by Crippen LogP contribution is -2.19. The van der Waals surface area contributed by atoms with E-state index in [1.807, 2.05) is 43.3 Å². The SMILES string of the molecule is Cc1cc(-c2n[nH]c3ccc(-c4ccn(Cc5ccc(Cl)c(F)c5)c(=O)c4)cc23)ccn1. The number of aromatic nitrogens is 4. The number of nitrogens with one attached hydrogen (secondary N) is 1. The predicted octanol–water partition coefficient (Wildman–Crippen LogP) is 5.60. The molecule has 0 aliphatic rings. The smallest absolute Gasteiger partial charge is 0.251 e. The lowest BCUT2D eigenvalue weighted by Gasteiger charge is -2.09. The Labute approximate surface area is 188 Å². The number of hydrogen-bond acceptors (Lipinski definition) is 3. The van der Waals surface area contributed by atoms with Gasteiger partial charge in [0.2, 0.25) is 0 Å². The molecular formula is C25H18ClFN4O. The van der Waals surface area contributed by atoms with E-state index in [9.17, 15) is 9.18 Å². The van der Waals surface area contributed by atoms with Crippen molar-refractivity contribution in [2.75, 3.05) is 0 Å². The fourth-order valence-corrected chi connectivity index (χ4v) is 3.88. The van der Waals surface area contributed by atoms with Crippen LogP contribution in [0.15, 0.2) is 77.9 Å². The number of benzene rings is 2. The van der Waals surface area contributed by atoms with Crippen molar-refractivity contribution in [3.8, 4) is 22.4 Å². The molecule has 0 saturated heterocycles. The van der Waals surface area contributed by atoms with E-state index in [0.717, 1.165) is 39.0 Å². The first-order chi connectivity index (χ1) is 15.5. The Balaban J connectivity index is 1.50. The number of aryl methyl sites for hydroxylation is 1. The van der Waals surface area contributed by atoms with Gasteiger partial charge in [-0.05, 0) is 66.1 Å². The minimum Gasteiger partial charge on any atom is -0.311 e. The van der Waals surface area contributed by atoms with Gasteiger partial charge in [0.25, 0.3) is 5.56 Å². The molecule has 2 aromatic carbocycles. The van der Waals surface area contributed by atoms with Gasteiger partial charge in [0.05, 0.1) is 17.1 Å². The van der Waals surface area contributed by atoms with Gasteiger partial charge in [0.1, 0.15) is 11.5 Å². The number of hydrogen-bond donors (Lipinski definition) is 1. The number of aromatic amines is 1. The summed E-state index contributed by atoms with van der Waals surface area (Å²) < 4.78 is 15.3. The fraction of sp³-hybridized carbons (Fsp3) is 0.0800. The molecule has 0 amide bonds. The number of fused-ring (bicyclic) bond motifs is 1. The van der Waals surface area contributed by atoms with Gasteiger partial charge in [0, 0.05) is 35.1 Å². The summed E-state index contributed by atoms with van der Waals surface area (Å²) in [5, 5.41) is 8.57. The van der Waals surface area contributed by atoms with Gasteiger partial charge >= 0.3 is 0 Å². The number of rotatable bonds is 4. The van der Waals surface area contributed by atoms with Gasteiger partial charge in [-0.3, -0.25) is 14.9 Å². The van der Waals surface area contributed by atoms with Crippen molar-refractivity contribution in [2.45, 2.75) is 13.5 Å². The van der Waals surface area contributed by atoms with E-state index in [4.69, 9.17) is 11.6 Å². The van der Waals surface area contributed by atoms with Crippen LogP contribution in [0.4, 0.5) is 4.39 Å². The van der Waals surface area contributed by atoms with Gasteiger partial charge in [-0.15, -0.1) is 0 Å². The van der Waals surface area contributed by atoms with Crippen LogP contribution in [0.1, 0.15) is 11.3 Å². The quantitative estimate of drug-likeness (QED) is 0.392. The molecule has 3 aromatic heterocycles. The normalized spacial score (nSPS) is 11.2. The van der Waals surface area contributed by atoms with Crippen LogP contribution in [0.3, 0.4) is 0 Å². The van der Waals surface area contributed by atoms with Crippen LogP contribution in [0.25, 0.3) is 33.3 Å². The highest BCUT2D eigenvalue weighted by atomic mass is 35.5. The first-order valence-corrected chi connectivity index (χ1v) is 10.4. The van der Waals surface area contributed by atoms with E-state index in [1.54, 1.807) is 24.5 Å². The lowest BCUT2D eigenvalue weighted by molar-refractivity contribution is 0.623. The summed E-state index contributed by atoms with van der Waals surface area (Å²) in [5.74, 6) is -0.498. The fourth-order valence-electron chi connectivity index (χ4n) is 3.76. The second-order valence-corrected chi connectivity index (χ2v) is 8.06. The van der Waals surface area contributed by atoms with Crippen molar-refractivity contribution in [1.82, 2.24) is 19.7 Å². The van der Waals surface area contributed by atoms with E-state index >= 15 is 0 Å². The number of nitrogens with zero attached hydrogens (tertiary/aromatic N) is 3. The van der Waals surface area contributed by atoms with Crippen molar-refractivity contribution in [2.24, 2.45) is 0 Å². The Morgan fingerprint density at radius 2 is 1.84 bits per heavy atom. The van der Waals surface area contributed by atoms with E-state index in [2.05, 4.69) is 15.2 Å². The molecule has 158 valence electrons. The summed E-state index contributed by atoms with van der Waals surface area (Å²) >= 11 is 5.74. The molecule has 7 heteroatoms. The molecule has 3 heterocycles. The van der Waals surface area contributed by atoms with E-state index in [1.165, 1.54) is 16.7 Å². The van der Waals surface area contributed by atoms with Crippen LogP contribution in [-0.4, -0.2) is 19.7 Å². The van der Waals surface area contributed by atoms with Crippen molar-refractivity contribution >= 4 is 22.5 Å². The standard InChI is InChI=1S/C25H18ClFN4O/c1-15-10-19(6-8-28-15)25-20-12-17(3-5-23(20)29-30-25)18-7-9-31(24(32)13-18)14-16-2-4-21(26)22(27)11-16/h2-13H,14H2,1H3,(H,29,30). The molecule has 1 N–H and O–H groups in total. The highest BCUT2D eigenvalue weighted by Crippen LogP contribution is 2.30. The Morgan fingerprint density at radius 1 is 1.00 bits per heavy atom. The molecule has 32 heavy (non-hydrogen) atoms. The largest absolute Gasteiger partial charge is 0.311 e. The first-order valence-electron chi connectivity index (χ1n) is 10.0. The van der Waals surface area contributed by atoms with Gasteiger partial charge in [-0.25, -0.2) is 4.39 Å². The number of pyridine rings is 2. The van der Waals surface area contributed by atoms with Crippen molar-refractivity contribution < 1.29 is 4.39 Å². The molecule has 0 aliphatic carbocycles. The van der Waals surface area contributed by atoms with Gasteiger partial charge in [-0.1, -0.05) is 23.7 Å². The van der Waals surface area contributed by atoms with Gasteiger partial charge in [0.15, 0.2) is 0 Å². The zero-order chi connectivity index (χ0) is 22.2. The van der Waals surface area contributed by atoms with Crippen molar-refractivity contribution in [3.63, 3.8) is 0 Å². The highest BCUT2D eigenvalue weighted by Gasteiger charge is 2.11. The van der Waals surface area contributed by atoms with Crippen molar-refractivity contribution in [1.29, 1.82) is 0 Å². The second kappa shape index (κ2) is 8.05. The molecule has 5 nitrogen and oxygen atoms in total. The Kier molecular flexibility index (Phi) is 5.07. The molecule has 0 fully saturated rings. The summed E-state index contributed by atoms with van der Waals surface area (Å²) in [6, 6.07) is 17.9. The first kappa shape index (κ1) is 20.2. The lowest BCUT2D eigenvalue weighted by atomic mass is 10.0. The summed E-state index contributed by atoms with van der Waals surface area (Å²) in [6.07, 6.45) is 3.48. The summed E-state index contributed by atoms with van der Waals surface area (Å²) in [6.45, 7) is 2.21. The Bertz CT molecular complexity index is 1520. The summed E-state index contributed by atoms with van der Waals surface area (Å²) in [4.78, 5) is 17.0. The third kappa shape index (κ3) is 3.81. The molecule has 0 aliphatic heterocycles. The number of H-pyrrole nitrogens is 1. The maximum atomic E-state index is 13.7. The highest BCUT2D eigenvalue weighted by molar-refractivity contribution is 6.30. The van der Waals surface area contributed by atoms with Crippen LogP contribution >= 0.6 is 11.6 Å². The zero-order valence-electron chi connectivity index (χ0n) is 17.1. The minimum absolute atomic E-state index is 0.0624. The van der Waals surface area contributed by atoms with Crippen LogP contribution in [0.2, 0.25) is 5.02 Å². The van der Waals surface area contributed by atoms with Gasteiger partial charge in [-0.2, -0.15) is 5.10 Å². The predicted molar refractivity (Wildman–Crippen MR) is 124 cm³/mol. The molecule has 5 aromatic rings. The van der Waals surface area contributed by atoms with Crippen LogP contribution in [-0.2, 0) is 6.54 Å². The third-order valence-electron chi connectivity index (χ3n) is 5.40. The zero-order valence-corrected chi connectivity index (χ0v) is 17.9. The molecular weight excluding hydrogens is 427 g/mol. The van der Waals surface area contributed by atoms with Crippen LogP contribution < -0.4 is 5.56 Å². The van der Waals surface area contributed by atoms with E-state index in [-0.39, 0.29) is 17.1 Å². The van der Waals surface area contributed by atoms with Crippen LogP contribution in [0, 0.1) is 12.7 Å². The van der Waals surface area contributed by atoms with Crippen molar-refractivity contribution in [3.05, 3.63) is 106 Å². The van der Waals surface area contributed by atoms with E-state index in [0.29, 0.717) is 5.56 Å². The molecule has 0 spiro atoms.